The van der Waals surface area contributed by atoms with Crippen molar-refractivity contribution >= 4 is 5.82 Å². The Morgan fingerprint density at radius 1 is 1.50 bits per heavy atom. The minimum atomic E-state index is -0.197. The summed E-state index contributed by atoms with van der Waals surface area (Å²) in [5, 5.41) is 3.30. The lowest BCUT2D eigenvalue weighted by Crippen LogP contribution is -2.47. The Labute approximate surface area is 97.2 Å². The molecule has 0 fully saturated rings. The molecule has 0 saturated carbocycles. The number of aromatic nitrogens is 1. The Morgan fingerprint density at radius 3 is 2.75 bits per heavy atom. The molecule has 4 heteroatoms. The zero-order chi connectivity index (χ0) is 12.2. The molecular weight excluding hydrogens is 202 g/mol. The summed E-state index contributed by atoms with van der Waals surface area (Å²) in [5.41, 5.74) is 5.70. The third kappa shape index (κ3) is 3.38. The first-order valence-corrected chi connectivity index (χ1v) is 5.59. The van der Waals surface area contributed by atoms with Crippen LogP contribution < -0.4 is 15.8 Å². The molecule has 90 valence electrons. The lowest BCUT2D eigenvalue weighted by atomic mass is 9.97. The highest BCUT2D eigenvalue weighted by Gasteiger charge is 2.22. The van der Waals surface area contributed by atoms with Crippen molar-refractivity contribution in [3.8, 4) is 5.88 Å². The quantitative estimate of drug-likeness (QED) is 0.801. The fraction of sp³-hybridized carbons (Fsp3) is 0.583. The van der Waals surface area contributed by atoms with Gasteiger partial charge in [-0.25, -0.2) is 0 Å². The largest absolute Gasteiger partial charge is 0.478 e. The summed E-state index contributed by atoms with van der Waals surface area (Å²) in [7, 11) is 0. The molecule has 0 aromatic carbocycles. The molecule has 0 aliphatic heterocycles. The van der Waals surface area contributed by atoms with Gasteiger partial charge in [-0.3, -0.25) is 0 Å². The number of hydrogen-bond donors (Lipinski definition) is 2. The van der Waals surface area contributed by atoms with Crippen molar-refractivity contribution < 1.29 is 4.74 Å². The van der Waals surface area contributed by atoms with Crippen molar-refractivity contribution in [3.63, 3.8) is 0 Å². The van der Waals surface area contributed by atoms with E-state index in [4.69, 9.17) is 10.5 Å². The van der Waals surface area contributed by atoms with Crippen LogP contribution in [0.4, 0.5) is 5.82 Å². The Morgan fingerprint density at radius 2 is 2.19 bits per heavy atom. The Bertz CT molecular complexity index is 337. The summed E-state index contributed by atoms with van der Waals surface area (Å²) in [5.74, 6) is 1.42. The normalized spacial score (nSPS) is 13.3. The van der Waals surface area contributed by atoms with Crippen LogP contribution in [0, 0.1) is 0 Å². The van der Waals surface area contributed by atoms with Crippen LogP contribution in [0.25, 0.3) is 0 Å². The smallest absolute Gasteiger partial charge is 0.215 e. The zero-order valence-corrected chi connectivity index (χ0v) is 10.4. The number of anilines is 1. The standard InChI is InChI=1S/C12H21N3O/c1-5-16-11-8-6-7-10(14-11)15-12(3,4)9(2)13/h6-9H,5,13H2,1-4H3,(H,14,15). The van der Waals surface area contributed by atoms with Crippen molar-refractivity contribution in [3.05, 3.63) is 18.2 Å². The number of ether oxygens (including phenoxy) is 1. The van der Waals surface area contributed by atoms with Gasteiger partial charge in [0.25, 0.3) is 0 Å². The number of pyridine rings is 1. The molecule has 1 atom stereocenters. The molecule has 1 rings (SSSR count). The Balaban J connectivity index is 2.77. The van der Waals surface area contributed by atoms with E-state index in [0.717, 1.165) is 5.82 Å². The van der Waals surface area contributed by atoms with Crippen LogP contribution in [-0.2, 0) is 0 Å². The molecule has 0 aliphatic rings. The molecule has 1 heterocycles. The Kier molecular flexibility index (Phi) is 4.12. The summed E-state index contributed by atoms with van der Waals surface area (Å²) in [6.45, 7) is 8.62. The minimum absolute atomic E-state index is 0.0325. The van der Waals surface area contributed by atoms with Gasteiger partial charge in [-0.1, -0.05) is 6.07 Å². The first-order chi connectivity index (χ1) is 7.45. The van der Waals surface area contributed by atoms with E-state index in [1.54, 1.807) is 0 Å². The molecule has 4 nitrogen and oxygen atoms in total. The molecule has 0 aliphatic carbocycles. The number of hydrogen-bond acceptors (Lipinski definition) is 4. The average molecular weight is 223 g/mol. The Hall–Kier alpha value is -1.29. The summed E-state index contributed by atoms with van der Waals surface area (Å²) in [4.78, 5) is 4.34. The van der Waals surface area contributed by atoms with Gasteiger partial charge in [0.15, 0.2) is 0 Å². The fourth-order valence-electron chi connectivity index (χ4n) is 1.16. The van der Waals surface area contributed by atoms with E-state index >= 15 is 0 Å². The lowest BCUT2D eigenvalue weighted by Gasteiger charge is -2.30. The van der Waals surface area contributed by atoms with Gasteiger partial charge >= 0.3 is 0 Å². The van der Waals surface area contributed by atoms with Crippen LogP contribution >= 0.6 is 0 Å². The second-order valence-electron chi connectivity index (χ2n) is 4.43. The van der Waals surface area contributed by atoms with E-state index in [-0.39, 0.29) is 11.6 Å². The van der Waals surface area contributed by atoms with E-state index < -0.39 is 0 Å². The van der Waals surface area contributed by atoms with E-state index in [0.29, 0.717) is 12.5 Å². The van der Waals surface area contributed by atoms with Crippen molar-refractivity contribution in [2.24, 2.45) is 5.73 Å². The number of rotatable bonds is 5. The molecule has 16 heavy (non-hydrogen) atoms. The van der Waals surface area contributed by atoms with Crippen LogP contribution in [0.3, 0.4) is 0 Å². The number of nitrogens with zero attached hydrogens (tertiary/aromatic N) is 1. The van der Waals surface area contributed by atoms with Gasteiger partial charge in [-0.15, -0.1) is 0 Å². The average Bonchev–Trinajstić information content (AvgIpc) is 2.17. The van der Waals surface area contributed by atoms with Crippen molar-refractivity contribution in [1.82, 2.24) is 4.98 Å². The topological polar surface area (TPSA) is 60.2 Å². The molecule has 1 aromatic rings. The van der Waals surface area contributed by atoms with Gasteiger partial charge in [-0.05, 0) is 33.8 Å². The summed E-state index contributed by atoms with van der Waals surface area (Å²) in [6.07, 6.45) is 0. The molecule has 0 spiro atoms. The van der Waals surface area contributed by atoms with Gasteiger partial charge in [0, 0.05) is 17.6 Å². The van der Waals surface area contributed by atoms with Crippen LogP contribution in [0.2, 0.25) is 0 Å². The van der Waals surface area contributed by atoms with Crippen LogP contribution in [0.15, 0.2) is 18.2 Å². The maximum atomic E-state index is 5.89. The molecule has 0 bridgehead atoms. The zero-order valence-electron chi connectivity index (χ0n) is 10.4. The van der Waals surface area contributed by atoms with Crippen molar-refractivity contribution in [2.75, 3.05) is 11.9 Å². The first-order valence-electron chi connectivity index (χ1n) is 5.59. The molecular formula is C12H21N3O. The van der Waals surface area contributed by atoms with Crippen LogP contribution in [0.5, 0.6) is 5.88 Å². The predicted octanol–water partition coefficient (Wildman–Crippen LogP) is 2.02. The van der Waals surface area contributed by atoms with Crippen molar-refractivity contribution in [2.45, 2.75) is 39.3 Å². The van der Waals surface area contributed by atoms with Gasteiger partial charge in [-0.2, -0.15) is 4.98 Å². The first kappa shape index (κ1) is 12.8. The number of nitrogens with two attached hydrogens (primary N) is 1. The third-order valence-electron chi connectivity index (χ3n) is 2.60. The van der Waals surface area contributed by atoms with E-state index in [1.165, 1.54) is 0 Å². The van der Waals surface area contributed by atoms with Crippen LogP contribution in [-0.4, -0.2) is 23.2 Å². The number of nitrogens with one attached hydrogen (secondary N) is 1. The van der Waals surface area contributed by atoms with Gasteiger partial charge < -0.3 is 15.8 Å². The van der Waals surface area contributed by atoms with Gasteiger partial charge in [0.1, 0.15) is 5.82 Å². The highest BCUT2D eigenvalue weighted by Crippen LogP contribution is 2.17. The molecule has 3 N–H and O–H groups in total. The summed E-state index contributed by atoms with van der Waals surface area (Å²) in [6, 6.07) is 5.70. The summed E-state index contributed by atoms with van der Waals surface area (Å²) < 4.78 is 5.34. The molecule has 0 radical (unpaired) electrons. The molecule has 0 saturated heterocycles. The highest BCUT2D eigenvalue weighted by atomic mass is 16.5. The fourth-order valence-corrected chi connectivity index (χ4v) is 1.16. The summed E-state index contributed by atoms with van der Waals surface area (Å²) >= 11 is 0. The second kappa shape index (κ2) is 5.16. The van der Waals surface area contributed by atoms with E-state index in [9.17, 15) is 0 Å². The maximum absolute atomic E-state index is 5.89. The SMILES string of the molecule is CCOc1cccc(NC(C)(C)C(C)N)n1. The van der Waals surface area contributed by atoms with E-state index in [1.807, 2.05) is 45.9 Å². The van der Waals surface area contributed by atoms with Crippen molar-refractivity contribution in [1.29, 1.82) is 0 Å². The van der Waals surface area contributed by atoms with Gasteiger partial charge in [0.05, 0.1) is 6.61 Å². The third-order valence-corrected chi connectivity index (χ3v) is 2.60. The predicted molar refractivity (Wildman–Crippen MR) is 66.8 cm³/mol. The maximum Gasteiger partial charge on any atom is 0.215 e. The van der Waals surface area contributed by atoms with Gasteiger partial charge in [0.2, 0.25) is 5.88 Å². The minimum Gasteiger partial charge on any atom is -0.478 e. The lowest BCUT2D eigenvalue weighted by molar-refractivity contribution is 0.327. The molecule has 1 aromatic heterocycles. The van der Waals surface area contributed by atoms with E-state index in [2.05, 4.69) is 10.3 Å². The molecule has 1 unspecified atom stereocenters. The molecule has 0 amide bonds. The highest BCUT2D eigenvalue weighted by molar-refractivity contribution is 5.40. The van der Waals surface area contributed by atoms with Crippen LogP contribution in [0.1, 0.15) is 27.7 Å². The second-order valence-corrected chi connectivity index (χ2v) is 4.43. The monoisotopic (exact) mass is 223 g/mol.